The Bertz CT molecular complexity index is 670. The number of hydrogen-bond acceptors (Lipinski definition) is 6. The molecule has 9 nitrogen and oxygen atoms in total. The molecule has 0 aliphatic heterocycles. The van der Waals surface area contributed by atoms with Crippen molar-refractivity contribution in [2.45, 2.75) is 110 Å². The highest BCUT2D eigenvalue weighted by molar-refractivity contribution is 7.99. The van der Waals surface area contributed by atoms with Crippen LogP contribution in [0.1, 0.15) is 97.8 Å². The maximum Gasteiger partial charge on any atom is 0.326 e. The maximum atomic E-state index is 11.9. The summed E-state index contributed by atoms with van der Waals surface area (Å²) in [6, 6.07) is -1.84. The summed E-state index contributed by atoms with van der Waals surface area (Å²) < 4.78 is 0. The van der Waals surface area contributed by atoms with Gasteiger partial charge in [0.2, 0.25) is 11.8 Å². The topological polar surface area (TPSA) is 150 Å². The van der Waals surface area contributed by atoms with Gasteiger partial charge in [0, 0.05) is 19.3 Å². The number of carboxylic acids is 2. The second-order valence-corrected chi connectivity index (χ2v) is 10.5. The third kappa shape index (κ3) is 18.8. The van der Waals surface area contributed by atoms with E-state index in [0.717, 1.165) is 56.5 Å². The fraction of sp³-hybridized carbons (Fsp3) is 0.800. The molecule has 4 N–H and O–H groups in total. The van der Waals surface area contributed by atoms with Crippen LogP contribution >= 0.6 is 11.8 Å². The van der Waals surface area contributed by atoms with Crippen molar-refractivity contribution in [1.29, 1.82) is 0 Å². The van der Waals surface area contributed by atoms with Gasteiger partial charge in [-0.1, -0.05) is 39.5 Å². The van der Waals surface area contributed by atoms with Crippen molar-refractivity contribution in [3.05, 3.63) is 0 Å². The average Bonchev–Trinajstić information content (AvgIpc) is 2.77. The predicted octanol–water partition coefficient (Wildman–Crippen LogP) is 3.78. The highest BCUT2D eigenvalue weighted by atomic mass is 32.2. The number of amides is 2. The van der Waals surface area contributed by atoms with Crippen molar-refractivity contribution in [2.24, 2.45) is 5.92 Å². The quantitative estimate of drug-likeness (QED) is 0.159. The van der Waals surface area contributed by atoms with Gasteiger partial charge in [-0.15, -0.1) is 0 Å². The van der Waals surface area contributed by atoms with Crippen molar-refractivity contribution >= 4 is 41.3 Å². The van der Waals surface area contributed by atoms with E-state index in [0.29, 0.717) is 19.3 Å². The Kier molecular flexibility index (Phi) is 18.9. The van der Waals surface area contributed by atoms with Gasteiger partial charge >= 0.3 is 11.9 Å². The van der Waals surface area contributed by atoms with Gasteiger partial charge in [-0.05, 0) is 56.5 Å². The molecule has 2 atom stereocenters. The van der Waals surface area contributed by atoms with Crippen LogP contribution in [0.4, 0.5) is 0 Å². The first-order valence-electron chi connectivity index (χ1n) is 12.7. The number of nitrogens with one attached hydrogen (secondary N) is 2. The molecule has 202 valence electrons. The molecule has 0 aliphatic carbocycles. The number of Topliss-reactive ketones (excluding diaryl/α,β-unsaturated/α-hetero) is 1. The summed E-state index contributed by atoms with van der Waals surface area (Å²) in [6.07, 6.45) is 8.53. The summed E-state index contributed by atoms with van der Waals surface area (Å²) in [5.41, 5.74) is 0. The van der Waals surface area contributed by atoms with E-state index in [1.54, 1.807) is 13.8 Å². The molecule has 0 bridgehead atoms. The monoisotopic (exact) mass is 516 g/mol. The maximum absolute atomic E-state index is 11.9. The fourth-order valence-corrected chi connectivity index (χ4v) is 4.44. The molecule has 0 spiro atoms. The third-order valence-corrected chi connectivity index (χ3v) is 6.71. The molecule has 10 heteroatoms. The zero-order valence-electron chi connectivity index (χ0n) is 21.5. The van der Waals surface area contributed by atoms with Crippen LogP contribution in [0, 0.1) is 5.92 Å². The molecule has 0 aliphatic rings. The number of rotatable bonds is 22. The lowest BCUT2D eigenvalue weighted by Crippen LogP contribution is -2.44. The molecule has 0 aromatic rings. The normalized spacial score (nSPS) is 12.7. The number of ketones is 1. The highest BCUT2D eigenvalue weighted by Gasteiger charge is 2.23. The van der Waals surface area contributed by atoms with Crippen molar-refractivity contribution in [1.82, 2.24) is 10.6 Å². The summed E-state index contributed by atoms with van der Waals surface area (Å²) in [5, 5.41) is 23.3. The molecule has 0 fully saturated rings. The first-order chi connectivity index (χ1) is 16.5. The van der Waals surface area contributed by atoms with Gasteiger partial charge in [0.25, 0.3) is 0 Å². The zero-order chi connectivity index (χ0) is 26.6. The van der Waals surface area contributed by atoms with Crippen LogP contribution in [0.3, 0.4) is 0 Å². The molecular weight excluding hydrogens is 472 g/mol. The number of hydrogen-bond donors (Lipinski definition) is 4. The van der Waals surface area contributed by atoms with Crippen LogP contribution in [-0.4, -0.2) is 63.3 Å². The molecule has 0 saturated carbocycles. The minimum absolute atomic E-state index is 0.0956. The van der Waals surface area contributed by atoms with E-state index in [1.165, 1.54) is 6.92 Å². The van der Waals surface area contributed by atoms with Crippen LogP contribution in [0.5, 0.6) is 0 Å². The van der Waals surface area contributed by atoms with E-state index in [9.17, 15) is 24.0 Å². The van der Waals surface area contributed by atoms with Gasteiger partial charge in [-0.2, -0.15) is 11.8 Å². The number of carbonyl (C=O) groups is 5. The van der Waals surface area contributed by atoms with Gasteiger partial charge in [0.1, 0.15) is 17.9 Å². The fourth-order valence-electron chi connectivity index (χ4n) is 3.42. The standard InChI is InChI=1S/C25H44N2O7S/c1-18(2)23(25(33)34)27-22(30)13-8-5-4-6-10-16-35-17-11-7-9-12-21(29)26-20(24(31)32)15-14-19(3)28/h18,20,23H,4-17H2,1-3H3,(H,26,29)(H,27,30)(H,31,32)(H,33,34). The number of carbonyl (C=O) groups excluding carboxylic acids is 3. The molecule has 35 heavy (non-hydrogen) atoms. The second kappa shape index (κ2) is 20.1. The minimum Gasteiger partial charge on any atom is -0.480 e. The lowest BCUT2D eigenvalue weighted by molar-refractivity contribution is -0.143. The van der Waals surface area contributed by atoms with E-state index in [4.69, 9.17) is 10.2 Å². The van der Waals surface area contributed by atoms with Crippen LogP contribution in [0.2, 0.25) is 0 Å². The van der Waals surface area contributed by atoms with E-state index >= 15 is 0 Å². The van der Waals surface area contributed by atoms with Gasteiger partial charge in [-0.3, -0.25) is 9.59 Å². The zero-order valence-corrected chi connectivity index (χ0v) is 22.3. The summed E-state index contributed by atoms with van der Waals surface area (Å²) in [4.78, 5) is 57.1. The molecule has 2 amide bonds. The largest absolute Gasteiger partial charge is 0.480 e. The van der Waals surface area contributed by atoms with E-state index in [-0.39, 0.29) is 36.4 Å². The van der Waals surface area contributed by atoms with Crippen molar-refractivity contribution < 1.29 is 34.2 Å². The smallest absolute Gasteiger partial charge is 0.326 e. The van der Waals surface area contributed by atoms with Crippen molar-refractivity contribution in [2.75, 3.05) is 11.5 Å². The van der Waals surface area contributed by atoms with E-state index in [1.807, 2.05) is 11.8 Å². The SMILES string of the molecule is CC(=O)CCC(NC(=O)CCCCCSCCCCCCCC(=O)NC(C(=O)O)C(C)C)C(=O)O. The van der Waals surface area contributed by atoms with Crippen LogP contribution < -0.4 is 10.6 Å². The highest BCUT2D eigenvalue weighted by Crippen LogP contribution is 2.13. The Morgan fingerprint density at radius 3 is 1.66 bits per heavy atom. The lowest BCUT2D eigenvalue weighted by Gasteiger charge is -2.17. The van der Waals surface area contributed by atoms with Gasteiger partial charge in [0.15, 0.2) is 0 Å². The predicted molar refractivity (Wildman–Crippen MR) is 137 cm³/mol. The number of unbranched alkanes of at least 4 members (excludes halogenated alkanes) is 6. The van der Waals surface area contributed by atoms with Crippen molar-refractivity contribution in [3.63, 3.8) is 0 Å². The summed E-state index contributed by atoms with van der Waals surface area (Å²) in [5.74, 6) is -0.734. The first-order valence-corrected chi connectivity index (χ1v) is 13.8. The van der Waals surface area contributed by atoms with Gasteiger partial charge in [-0.25, -0.2) is 9.59 Å². The van der Waals surface area contributed by atoms with Crippen LogP contribution in [0.25, 0.3) is 0 Å². The second-order valence-electron chi connectivity index (χ2n) is 9.27. The number of aliphatic carboxylic acids is 2. The third-order valence-electron chi connectivity index (χ3n) is 5.55. The number of carboxylic acid groups (broad SMARTS) is 2. The summed E-state index contributed by atoms with van der Waals surface area (Å²) in [7, 11) is 0. The average molecular weight is 517 g/mol. The lowest BCUT2D eigenvalue weighted by atomic mass is 10.0. The van der Waals surface area contributed by atoms with Crippen LogP contribution in [-0.2, 0) is 24.0 Å². The van der Waals surface area contributed by atoms with Gasteiger partial charge < -0.3 is 25.6 Å². The van der Waals surface area contributed by atoms with Crippen LogP contribution in [0.15, 0.2) is 0 Å². The first kappa shape index (κ1) is 32.9. The molecule has 0 radical (unpaired) electrons. The molecule has 2 unspecified atom stereocenters. The Morgan fingerprint density at radius 2 is 1.17 bits per heavy atom. The molecule has 0 aromatic carbocycles. The Hall–Kier alpha value is -2.10. The molecule has 0 saturated heterocycles. The molecular formula is C25H44N2O7S. The molecule has 0 aromatic heterocycles. The Labute approximate surface area is 213 Å². The number of thioether (sulfide) groups is 1. The molecule has 0 heterocycles. The minimum atomic E-state index is -1.11. The summed E-state index contributed by atoms with van der Waals surface area (Å²) in [6.45, 7) is 4.95. The Morgan fingerprint density at radius 1 is 0.686 bits per heavy atom. The van der Waals surface area contributed by atoms with E-state index in [2.05, 4.69) is 10.6 Å². The van der Waals surface area contributed by atoms with Gasteiger partial charge in [0.05, 0.1) is 0 Å². The van der Waals surface area contributed by atoms with Crippen molar-refractivity contribution in [3.8, 4) is 0 Å². The summed E-state index contributed by atoms with van der Waals surface area (Å²) >= 11 is 1.89. The van der Waals surface area contributed by atoms with E-state index < -0.39 is 24.0 Å². The Balaban J connectivity index is 3.62. The molecule has 0 rings (SSSR count).